The van der Waals surface area contributed by atoms with Gasteiger partial charge < -0.3 is 11.1 Å². The maximum atomic E-state index is 11.3. The number of primary sulfonamides is 1. The van der Waals surface area contributed by atoms with Crippen molar-refractivity contribution in [1.29, 1.82) is 5.26 Å². The van der Waals surface area contributed by atoms with Crippen LogP contribution in [0.15, 0.2) is 47.4 Å². The fraction of sp³-hybridized carbons (Fsp3) is 0.0714. The van der Waals surface area contributed by atoms with Gasteiger partial charge in [-0.15, -0.1) is 0 Å². The number of hydrogen-bond acceptors (Lipinski definition) is 5. The van der Waals surface area contributed by atoms with Crippen LogP contribution in [0.25, 0.3) is 0 Å². The van der Waals surface area contributed by atoms with E-state index in [0.717, 1.165) is 11.3 Å². The van der Waals surface area contributed by atoms with Crippen molar-refractivity contribution in [3.05, 3.63) is 48.0 Å². The van der Waals surface area contributed by atoms with Gasteiger partial charge in [-0.05, 0) is 35.9 Å². The Morgan fingerprint density at radius 2 is 1.81 bits per heavy atom. The van der Waals surface area contributed by atoms with Gasteiger partial charge in [0.15, 0.2) is 0 Å². The van der Waals surface area contributed by atoms with E-state index in [0.29, 0.717) is 17.8 Å². The summed E-state index contributed by atoms with van der Waals surface area (Å²) in [6, 6.07) is 13.5. The van der Waals surface area contributed by atoms with Crippen molar-refractivity contribution in [3.63, 3.8) is 0 Å². The van der Waals surface area contributed by atoms with Gasteiger partial charge in [0.25, 0.3) is 0 Å². The van der Waals surface area contributed by atoms with Crippen molar-refractivity contribution in [2.24, 2.45) is 5.14 Å². The number of hydrogen-bond donors (Lipinski definition) is 3. The van der Waals surface area contributed by atoms with Crippen LogP contribution in [0.3, 0.4) is 0 Å². The minimum absolute atomic E-state index is 0.0136. The van der Waals surface area contributed by atoms with E-state index in [1.165, 1.54) is 18.2 Å². The summed E-state index contributed by atoms with van der Waals surface area (Å²) in [7, 11) is -3.78. The van der Waals surface area contributed by atoms with Crippen molar-refractivity contribution in [2.75, 3.05) is 11.1 Å². The van der Waals surface area contributed by atoms with E-state index in [-0.39, 0.29) is 4.90 Å². The molecule has 0 aliphatic rings. The molecule has 0 bridgehead atoms. The molecule has 7 heteroatoms. The number of nitriles is 1. The highest BCUT2D eigenvalue weighted by atomic mass is 32.2. The number of rotatable bonds is 4. The molecule has 0 atom stereocenters. The highest BCUT2D eigenvalue weighted by Crippen LogP contribution is 2.26. The molecule has 2 rings (SSSR count). The Bertz CT molecular complexity index is 793. The lowest BCUT2D eigenvalue weighted by atomic mass is 10.1. The lowest BCUT2D eigenvalue weighted by Crippen LogP contribution is -2.12. The van der Waals surface area contributed by atoms with E-state index in [1.807, 2.05) is 12.1 Å². The van der Waals surface area contributed by atoms with Gasteiger partial charge in [0.1, 0.15) is 0 Å². The summed E-state index contributed by atoms with van der Waals surface area (Å²) >= 11 is 0. The molecular formula is C14H14N4O2S. The fourth-order valence-electron chi connectivity index (χ4n) is 1.77. The molecular weight excluding hydrogens is 288 g/mol. The molecule has 2 aromatic carbocycles. The second-order valence-corrected chi connectivity index (χ2v) is 6.01. The Hall–Kier alpha value is -2.56. The fourth-order valence-corrected chi connectivity index (χ4v) is 2.31. The van der Waals surface area contributed by atoms with Crippen molar-refractivity contribution >= 4 is 27.1 Å². The van der Waals surface area contributed by atoms with Crippen LogP contribution in [0.1, 0.15) is 5.56 Å². The first kappa shape index (κ1) is 14.8. The summed E-state index contributed by atoms with van der Waals surface area (Å²) in [5.41, 5.74) is 8.31. The van der Waals surface area contributed by atoms with E-state index in [9.17, 15) is 8.42 Å². The minimum atomic E-state index is -3.78. The molecule has 0 heterocycles. The van der Waals surface area contributed by atoms with Gasteiger partial charge in [0, 0.05) is 5.69 Å². The Labute approximate surface area is 123 Å². The smallest absolute Gasteiger partial charge is 0.238 e. The van der Waals surface area contributed by atoms with E-state index < -0.39 is 10.0 Å². The molecule has 5 N–H and O–H groups in total. The SMILES string of the molecule is N#CCc1ccc(Nc2cc(S(N)(=O)=O)ccc2N)cc1. The maximum absolute atomic E-state index is 11.3. The van der Waals surface area contributed by atoms with Gasteiger partial charge in [-0.25, -0.2) is 13.6 Å². The third-order valence-electron chi connectivity index (χ3n) is 2.87. The third kappa shape index (κ3) is 3.72. The van der Waals surface area contributed by atoms with Crippen LogP contribution in [-0.2, 0) is 16.4 Å². The van der Waals surface area contributed by atoms with Crippen LogP contribution in [0, 0.1) is 11.3 Å². The highest BCUT2D eigenvalue weighted by molar-refractivity contribution is 7.89. The standard InChI is InChI=1S/C14H14N4O2S/c15-8-7-10-1-3-11(4-2-10)18-14-9-12(21(17,19)20)5-6-13(14)16/h1-6,9,18H,7,16H2,(H2,17,19,20). The van der Waals surface area contributed by atoms with Crippen LogP contribution in [0.5, 0.6) is 0 Å². The molecule has 0 saturated heterocycles. The van der Waals surface area contributed by atoms with E-state index >= 15 is 0 Å². The van der Waals surface area contributed by atoms with Crippen LogP contribution in [0.4, 0.5) is 17.1 Å². The zero-order valence-corrected chi connectivity index (χ0v) is 11.9. The van der Waals surface area contributed by atoms with Gasteiger partial charge in [0.2, 0.25) is 10.0 Å². The molecule has 0 saturated carbocycles. The molecule has 108 valence electrons. The molecule has 6 nitrogen and oxygen atoms in total. The Morgan fingerprint density at radius 3 is 2.38 bits per heavy atom. The predicted molar refractivity (Wildman–Crippen MR) is 81.3 cm³/mol. The predicted octanol–water partition coefficient (Wildman–Crippen LogP) is 1.73. The van der Waals surface area contributed by atoms with Gasteiger partial charge >= 0.3 is 0 Å². The molecule has 0 aliphatic carbocycles. The molecule has 0 fully saturated rings. The first-order valence-corrected chi connectivity index (χ1v) is 7.60. The maximum Gasteiger partial charge on any atom is 0.238 e. The van der Waals surface area contributed by atoms with E-state index in [4.69, 9.17) is 16.1 Å². The molecule has 0 radical (unpaired) electrons. The first-order chi connectivity index (χ1) is 9.90. The number of sulfonamides is 1. The zero-order valence-electron chi connectivity index (χ0n) is 11.1. The third-order valence-corrected chi connectivity index (χ3v) is 3.78. The molecule has 0 amide bonds. The number of nitrogens with zero attached hydrogens (tertiary/aromatic N) is 1. The van der Waals surface area contributed by atoms with Gasteiger partial charge in [-0.3, -0.25) is 0 Å². The van der Waals surface area contributed by atoms with E-state index in [2.05, 4.69) is 11.4 Å². The number of nitrogen functional groups attached to an aromatic ring is 1. The molecule has 0 aromatic heterocycles. The summed E-state index contributed by atoms with van der Waals surface area (Å²) in [4.78, 5) is -0.0136. The van der Waals surface area contributed by atoms with Crippen molar-refractivity contribution in [2.45, 2.75) is 11.3 Å². The Balaban J connectivity index is 2.29. The molecule has 0 aliphatic heterocycles. The van der Waals surface area contributed by atoms with Crippen molar-refractivity contribution in [1.82, 2.24) is 0 Å². The Morgan fingerprint density at radius 1 is 1.14 bits per heavy atom. The van der Waals surface area contributed by atoms with Crippen LogP contribution >= 0.6 is 0 Å². The number of nitrogens with one attached hydrogen (secondary N) is 1. The summed E-state index contributed by atoms with van der Waals surface area (Å²) in [5, 5.41) is 16.7. The summed E-state index contributed by atoms with van der Waals surface area (Å²) in [5.74, 6) is 0. The van der Waals surface area contributed by atoms with Crippen LogP contribution < -0.4 is 16.2 Å². The summed E-state index contributed by atoms with van der Waals surface area (Å²) in [6.45, 7) is 0. The first-order valence-electron chi connectivity index (χ1n) is 6.05. The van der Waals surface area contributed by atoms with Crippen molar-refractivity contribution < 1.29 is 8.42 Å². The van der Waals surface area contributed by atoms with Gasteiger partial charge in [-0.2, -0.15) is 5.26 Å². The minimum Gasteiger partial charge on any atom is -0.397 e. The average Bonchev–Trinajstić information content (AvgIpc) is 2.42. The molecule has 21 heavy (non-hydrogen) atoms. The van der Waals surface area contributed by atoms with Crippen LogP contribution in [0.2, 0.25) is 0 Å². The monoisotopic (exact) mass is 302 g/mol. The van der Waals surface area contributed by atoms with Gasteiger partial charge in [-0.1, -0.05) is 12.1 Å². The summed E-state index contributed by atoms with van der Waals surface area (Å²) in [6.07, 6.45) is 0.337. The Kier molecular flexibility index (Phi) is 4.12. The van der Waals surface area contributed by atoms with Crippen molar-refractivity contribution in [3.8, 4) is 6.07 Å². The quantitative estimate of drug-likeness (QED) is 0.742. The second-order valence-electron chi connectivity index (χ2n) is 4.45. The number of anilines is 3. The lowest BCUT2D eigenvalue weighted by molar-refractivity contribution is 0.598. The number of nitrogens with two attached hydrogens (primary N) is 2. The summed E-state index contributed by atoms with van der Waals surface area (Å²) < 4.78 is 22.7. The van der Waals surface area contributed by atoms with Gasteiger partial charge in [0.05, 0.1) is 28.8 Å². The zero-order chi connectivity index (χ0) is 15.5. The van der Waals surface area contributed by atoms with Crippen LogP contribution in [-0.4, -0.2) is 8.42 Å². The normalized spacial score (nSPS) is 10.9. The largest absolute Gasteiger partial charge is 0.397 e. The highest BCUT2D eigenvalue weighted by Gasteiger charge is 2.10. The molecule has 2 aromatic rings. The van der Waals surface area contributed by atoms with E-state index in [1.54, 1.807) is 12.1 Å². The second kappa shape index (κ2) is 5.83. The number of benzene rings is 2. The lowest BCUT2D eigenvalue weighted by Gasteiger charge is -2.11. The molecule has 0 spiro atoms. The molecule has 0 unspecified atom stereocenters. The average molecular weight is 302 g/mol. The topological polar surface area (TPSA) is 122 Å².